The van der Waals surface area contributed by atoms with E-state index >= 15 is 0 Å². The molecule has 23 heavy (non-hydrogen) atoms. The fourth-order valence-electron chi connectivity index (χ4n) is 1.84. The standard InChI is InChI=1S/C14H15F3N4OS/c1-8-12(23-9(2)20-8)7-19-13(18)21-10-4-3-5-11(6-10)22-14(15,16)17/h3-6H,7H2,1-2H3,(H3,18,19,21). The maximum Gasteiger partial charge on any atom is 0.573 e. The molecule has 0 saturated heterocycles. The van der Waals surface area contributed by atoms with Crippen molar-refractivity contribution in [3.05, 3.63) is 39.8 Å². The van der Waals surface area contributed by atoms with Gasteiger partial charge in [-0.25, -0.2) is 9.98 Å². The summed E-state index contributed by atoms with van der Waals surface area (Å²) in [6.07, 6.45) is -4.74. The van der Waals surface area contributed by atoms with Crippen molar-refractivity contribution in [3.63, 3.8) is 0 Å². The molecule has 0 atom stereocenters. The summed E-state index contributed by atoms with van der Waals surface area (Å²) < 4.78 is 40.4. The fraction of sp³-hybridized carbons (Fsp3) is 0.286. The summed E-state index contributed by atoms with van der Waals surface area (Å²) in [5.41, 5.74) is 6.99. The molecule has 0 saturated carbocycles. The summed E-state index contributed by atoms with van der Waals surface area (Å²) >= 11 is 1.52. The summed E-state index contributed by atoms with van der Waals surface area (Å²) in [6.45, 7) is 4.14. The van der Waals surface area contributed by atoms with Gasteiger partial charge in [0.15, 0.2) is 5.96 Å². The minimum absolute atomic E-state index is 0.0969. The summed E-state index contributed by atoms with van der Waals surface area (Å²) in [6, 6.07) is 5.38. The van der Waals surface area contributed by atoms with Crippen molar-refractivity contribution in [2.45, 2.75) is 26.8 Å². The van der Waals surface area contributed by atoms with Crippen molar-refractivity contribution in [1.82, 2.24) is 4.98 Å². The molecule has 2 aromatic rings. The van der Waals surface area contributed by atoms with Gasteiger partial charge in [0.1, 0.15) is 5.75 Å². The highest BCUT2D eigenvalue weighted by Gasteiger charge is 2.31. The highest BCUT2D eigenvalue weighted by atomic mass is 32.1. The smallest absolute Gasteiger partial charge is 0.406 e. The Balaban J connectivity index is 2.02. The first-order chi connectivity index (χ1) is 10.7. The molecule has 124 valence electrons. The van der Waals surface area contributed by atoms with E-state index in [-0.39, 0.29) is 11.7 Å². The van der Waals surface area contributed by atoms with E-state index in [1.807, 2.05) is 13.8 Å². The SMILES string of the molecule is Cc1nc(C)c(CN=C(N)Nc2cccc(OC(F)(F)F)c2)s1. The Kier molecular flexibility index (Phi) is 5.09. The van der Waals surface area contributed by atoms with Crippen LogP contribution < -0.4 is 15.8 Å². The highest BCUT2D eigenvalue weighted by molar-refractivity contribution is 7.11. The van der Waals surface area contributed by atoms with E-state index in [1.54, 1.807) is 6.07 Å². The lowest BCUT2D eigenvalue weighted by Crippen LogP contribution is -2.23. The van der Waals surface area contributed by atoms with E-state index < -0.39 is 6.36 Å². The van der Waals surface area contributed by atoms with Crippen LogP contribution in [0.5, 0.6) is 5.75 Å². The third kappa shape index (κ3) is 5.44. The van der Waals surface area contributed by atoms with E-state index in [4.69, 9.17) is 5.73 Å². The Morgan fingerprint density at radius 3 is 2.74 bits per heavy atom. The van der Waals surface area contributed by atoms with Gasteiger partial charge in [0.25, 0.3) is 0 Å². The number of thiazole rings is 1. The highest BCUT2D eigenvalue weighted by Crippen LogP contribution is 2.25. The van der Waals surface area contributed by atoms with Gasteiger partial charge in [-0.15, -0.1) is 24.5 Å². The molecule has 2 rings (SSSR count). The van der Waals surface area contributed by atoms with E-state index in [0.717, 1.165) is 15.6 Å². The molecule has 0 aliphatic carbocycles. The van der Waals surface area contributed by atoms with Gasteiger partial charge in [-0.1, -0.05) is 6.07 Å². The molecule has 3 N–H and O–H groups in total. The first kappa shape index (κ1) is 17.1. The Morgan fingerprint density at radius 1 is 1.39 bits per heavy atom. The monoisotopic (exact) mass is 344 g/mol. The molecule has 0 bridgehead atoms. The van der Waals surface area contributed by atoms with Crippen LogP contribution in [0.15, 0.2) is 29.3 Å². The fourth-order valence-corrected chi connectivity index (χ4v) is 2.70. The molecule has 5 nitrogen and oxygen atoms in total. The quantitative estimate of drug-likeness (QED) is 0.657. The van der Waals surface area contributed by atoms with Gasteiger partial charge >= 0.3 is 6.36 Å². The summed E-state index contributed by atoms with van der Waals surface area (Å²) in [5.74, 6) is -0.233. The van der Waals surface area contributed by atoms with Crippen LogP contribution in [0.3, 0.4) is 0 Å². The molecular formula is C14H15F3N4OS. The summed E-state index contributed by atoms with van der Waals surface area (Å²) in [5, 5.41) is 3.67. The van der Waals surface area contributed by atoms with Crippen LogP contribution in [0.2, 0.25) is 0 Å². The van der Waals surface area contributed by atoms with Crippen molar-refractivity contribution >= 4 is 23.0 Å². The lowest BCUT2D eigenvalue weighted by Gasteiger charge is -2.11. The Hall–Kier alpha value is -2.29. The molecule has 0 aliphatic rings. The van der Waals surface area contributed by atoms with Crippen LogP contribution >= 0.6 is 11.3 Å². The van der Waals surface area contributed by atoms with Gasteiger partial charge in [0, 0.05) is 16.6 Å². The molecule has 9 heteroatoms. The molecular weight excluding hydrogens is 329 g/mol. The zero-order chi connectivity index (χ0) is 17.0. The molecule has 1 aromatic carbocycles. The minimum atomic E-state index is -4.74. The number of aromatic nitrogens is 1. The number of halogens is 3. The Bertz CT molecular complexity index is 712. The number of ether oxygens (including phenoxy) is 1. The number of rotatable bonds is 4. The van der Waals surface area contributed by atoms with Crippen molar-refractivity contribution in [2.24, 2.45) is 10.7 Å². The predicted molar refractivity (Wildman–Crippen MR) is 83.7 cm³/mol. The van der Waals surface area contributed by atoms with Crippen molar-refractivity contribution in [2.75, 3.05) is 5.32 Å². The first-order valence-corrected chi connectivity index (χ1v) is 7.40. The summed E-state index contributed by atoms with van der Waals surface area (Å²) in [4.78, 5) is 9.43. The van der Waals surface area contributed by atoms with Crippen molar-refractivity contribution in [1.29, 1.82) is 0 Å². The van der Waals surface area contributed by atoms with E-state index in [0.29, 0.717) is 12.2 Å². The van der Waals surface area contributed by atoms with Gasteiger partial charge in [-0.2, -0.15) is 0 Å². The van der Waals surface area contributed by atoms with Crippen LogP contribution in [0.1, 0.15) is 15.6 Å². The number of aryl methyl sites for hydroxylation is 2. The molecule has 0 unspecified atom stereocenters. The molecule has 0 amide bonds. The number of alkyl halides is 3. The molecule has 0 aliphatic heterocycles. The second kappa shape index (κ2) is 6.86. The van der Waals surface area contributed by atoms with Crippen molar-refractivity contribution < 1.29 is 17.9 Å². The number of hydrogen-bond donors (Lipinski definition) is 2. The Morgan fingerprint density at radius 2 is 2.13 bits per heavy atom. The maximum absolute atomic E-state index is 12.2. The number of nitrogens with one attached hydrogen (secondary N) is 1. The largest absolute Gasteiger partial charge is 0.573 e. The van der Waals surface area contributed by atoms with Gasteiger partial charge < -0.3 is 15.8 Å². The van der Waals surface area contributed by atoms with Crippen LogP contribution in [0, 0.1) is 13.8 Å². The minimum Gasteiger partial charge on any atom is -0.406 e. The number of benzene rings is 1. The molecule has 0 radical (unpaired) electrons. The van der Waals surface area contributed by atoms with Gasteiger partial charge in [0.05, 0.1) is 17.2 Å². The lowest BCUT2D eigenvalue weighted by atomic mass is 10.3. The van der Waals surface area contributed by atoms with Crippen LogP contribution in [0.25, 0.3) is 0 Å². The Labute approximate surface area is 135 Å². The molecule has 1 aromatic heterocycles. The number of nitrogens with two attached hydrogens (primary N) is 1. The first-order valence-electron chi connectivity index (χ1n) is 6.58. The third-order valence-corrected chi connectivity index (χ3v) is 3.79. The summed E-state index contributed by atoms with van der Waals surface area (Å²) in [7, 11) is 0. The van der Waals surface area contributed by atoms with E-state index in [1.165, 1.54) is 29.5 Å². The third-order valence-electron chi connectivity index (χ3n) is 2.73. The normalized spacial score (nSPS) is 12.3. The zero-order valence-corrected chi connectivity index (χ0v) is 13.3. The second-order valence-corrected chi connectivity index (χ2v) is 5.93. The average Bonchev–Trinajstić information content (AvgIpc) is 2.73. The zero-order valence-electron chi connectivity index (χ0n) is 12.4. The number of guanidine groups is 1. The van der Waals surface area contributed by atoms with Gasteiger partial charge in [0.2, 0.25) is 0 Å². The topological polar surface area (TPSA) is 72.5 Å². The van der Waals surface area contributed by atoms with E-state index in [9.17, 15) is 13.2 Å². The van der Waals surface area contributed by atoms with Gasteiger partial charge in [-0.3, -0.25) is 0 Å². The molecule has 1 heterocycles. The average molecular weight is 344 g/mol. The number of anilines is 1. The van der Waals surface area contributed by atoms with Crippen molar-refractivity contribution in [3.8, 4) is 5.75 Å². The predicted octanol–water partition coefficient (Wildman–Crippen LogP) is 3.59. The van der Waals surface area contributed by atoms with Crippen LogP contribution in [-0.4, -0.2) is 17.3 Å². The van der Waals surface area contributed by atoms with Gasteiger partial charge in [-0.05, 0) is 26.0 Å². The van der Waals surface area contributed by atoms with Crippen LogP contribution in [0.4, 0.5) is 18.9 Å². The van der Waals surface area contributed by atoms with E-state index in [2.05, 4.69) is 20.0 Å². The second-order valence-electron chi connectivity index (χ2n) is 4.64. The molecule has 0 spiro atoms. The lowest BCUT2D eigenvalue weighted by molar-refractivity contribution is -0.274. The molecule has 0 fully saturated rings. The van der Waals surface area contributed by atoms with Crippen LogP contribution in [-0.2, 0) is 6.54 Å². The number of nitrogens with zero attached hydrogens (tertiary/aromatic N) is 2. The maximum atomic E-state index is 12.2. The number of hydrogen-bond acceptors (Lipinski definition) is 4. The number of aliphatic imine (C=N–C) groups is 1.